The first-order chi connectivity index (χ1) is 6.06. The third-order valence-corrected chi connectivity index (χ3v) is 1.78. The van der Waals surface area contributed by atoms with Crippen LogP contribution in [0.2, 0.25) is 0 Å². The van der Waals surface area contributed by atoms with E-state index in [0.29, 0.717) is 0 Å². The van der Waals surface area contributed by atoms with Crippen LogP contribution in [-0.2, 0) is 14.3 Å². The highest BCUT2D eigenvalue weighted by molar-refractivity contribution is 5.66. The first-order valence-electron chi connectivity index (χ1n) is 3.86. The summed E-state index contributed by atoms with van der Waals surface area (Å²) < 4.78 is 9.40. The number of carbonyl (C=O) groups is 1. The molecule has 1 rings (SSSR count). The van der Waals surface area contributed by atoms with Crippen molar-refractivity contribution < 1.29 is 29.6 Å². The topological polar surface area (TPSA) is 96.2 Å². The van der Waals surface area contributed by atoms with Crippen molar-refractivity contribution in [1.82, 2.24) is 0 Å². The first kappa shape index (κ1) is 10.4. The number of esters is 1. The van der Waals surface area contributed by atoms with E-state index in [0.717, 1.165) is 6.92 Å². The summed E-state index contributed by atoms with van der Waals surface area (Å²) in [5.74, 6) is -0.616. The molecule has 3 N–H and O–H groups in total. The lowest BCUT2D eigenvalue weighted by atomic mass is 10.1. The summed E-state index contributed by atoms with van der Waals surface area (Å²) in [6.45, 7) is 0.727. The summed E-state index contributed by atoms with van der Waals surface area (Å²) in [6.07, 6.45) is -4.63. The number of rotatable bonds is 2. The Balaban J connectivity index is 2.55. The monoisotopic (exact) mass is 192 g/mol. The number of hydrogen-bond acceptors (Lipinski definition) is 6. The Morgan fingerprint density at radius 3 is 2.46 bits per heavy atom. The Hall–Kier alpha value is -0.690. The molecule has 0 spiro atoms. The predicted molar refractivity (Wildman–Crippen MR) is 39.5 cm³/mol. The summed E-state index contributed by atoms with van der Waals surface area (Å²) in [4.78, 5) is 10.5. The molecule has 1 unspecified atom stereocenters. The molecule has 1 fully saturated rings. The minimum absolute atomic E-state index is 0.435. The number of hydrogen-bond donors (Lipinski definition) is 3. The highest BCUT2D eigenvalue weighted by Crippen LogP contribution is 2.21. The van der Waals surface area contributed by atoms with E-state index in [2.05, 4.69) is 4.74 Å². The quantitative estimate of drug-likeness (QED) is 0.437. The van der Waals surface area contributed by atoms with Gasteiger partial charge in [0.2, 0.25) is 6.29 Å². The molecule has 6 heteroatoms. The van der Waals surface area contributed by atoms with E-state index in [-0.39, 0.29) is 0 Å². The summed E-state index contributed by atoms with van der Waals surface area (Å²) in [5, 5.41) is 27.1. The lowest BCUT2D eigenvalue weighted by molar-refractivity contribution is -0.187. The molecule has 0 aromatic carbocycles. The average molecular weight is 192 g/mol. The van der Waals surface area contributed by atoms with Crippen molar-refractivity contribution in [2.75, 3.05) is 6.61 Å². The van der Waals surface area contributed by atoms with Gasteiger partial charge in [-0.2, -0.15) is 0 Å². The van der Waals surface area contributed by atoms with Gasteiger partial charge in [-0.1, -0.05) is 0 Å². The average Bonchev–Trinajstić information content (AvgIpc) is 2.32. The Labute approximate surface area is 74.7 Å². The highest BCUT2D eigenvalue weighted by Gasteiger charge is 2.44. The van der Waals surface area contributed by atoms with Gasteiger partial charge in [0.25, 0.3) is 0 Å². The molecule has 0 aromatic heterocycles. The molecule has 0 amide bonds. The number of aliphatic hydroxyl groups excluding tert-OH is 3. The smallest absolute Gasteiger partial charge is 0.305 e. The van der Waals surface area contributed by atoms with Crippen LogP contribution in [-0.4, -0.2) is 52.5 Å². The SMILES string of the molecule is CC(=O)OC1O[C@H](CO)[C@@H](O)[C@@H]1O. The Kier molecular flexibility index (Phi) is 3.21. The standard InChI is InChI=1S/C7H12O6/c1-3(9)12-7-6(11)5(10)4(2-8)13-7/h4-8,10-11H,2H2,1H3/t4-,5-,6+,7?/m1/s1. The largest absolute Gasteiger partial charge is 0.433 e. The zero-order chi connectivity index (χ0) is 10.0. The molecule has 1 aliphatic heterocycles. The maximum Gasteiger partial charge on any atom is 0.305 e. The minimum Gasteiger partial charge on any atom is -0.433 e. The lowest BCUT2D eigenvalue weighted by Gasteiger charge is -2.13. The van der Waals surface area contributed by atoms with Gasteiger partial charge >= 0.3 is 5.97 Å². The fourth-order valence-corrected chi connectivity index (χ4v) is 1.13. The van der Waals surface area contributed by atoms with Crippen LogP contribution >= 0.6 is 0 Å². The summed E-state index contributed by atoms with van der Waals surface area (Å²) in [6, 6.07) is 0. The zero-order valence-corrected chi connectivity index (χ0v) is 7.08. The maximum absolute atomic E-state index is 10.5. The van der Waals surface area contributed by atoms with Crippen LogP contribution < -0.4 is 0 Å². The van der Waals surface area contributed by atoms with Gasteiger partial charge in [0, 0.05) is 6.92 Å². The normalized spacial score (nSPS) is 39.1. The third kappa shape index (κ3) is 2.16. The Morgan fingerprint density at radius 2 is 2.08 bits per heavy atom. The van der Waals surface area contributed by atoms with Crippen molar-refractivity contribution in [3.05, 3.63) is 0 Å². The van der Waals surface area contributed by atoms with Gasteiger partial charge in [-0.25, -0.2) is 0 Å². The molecule has 4 atom stereocenters. The molecule has 6 nitrogen and oxygen atoms in total. The number of ether oxygens (including phenoxy) is 2. The van der Waals surface area contributed by atoms with Gasteiger partial charge in [0.15, 0.2) is 0 Å². The van der Waals surface area contributed by atoms with Crippen LogP contribution in [0.1, 0.15) is 6.92 Å². The minimum atomic E-state index is -1.30. The molecular weight excluding hydrogens is 180 g/mol. The van der Waals surface area contributed by atoms with E-state index in [1.54, 1.807) is 0 Å². The van der Waals surface area contributed by atoms with Gasteiger partial charge in [-0.05, 0) is 0 Å². The molecule has 1 heterocycles. The molecular formula is C7H12O6. The van der Waals surface area contributed by atoms with Gasteiger partial charge in [-0.3, -0.25) is 4.79 Å². The van der Waals surface area contributed by atoms with Crippen LogP contribution in [0.25, 0.3) is 0 Å². The molecule has 13 heavy (non-hydrogen) atoms. The molecule has 0 aromatic rings. The zero-order valence-electron chi connectivity index (χ0n) is 7.08. The van der Waals surface area contributed by atoms with Crippen molar-refractivity contribution in [2.45, 2.75) is 31.5 Å². The van der Waals surface area contributed by atoms with Crippen molar-refractivity contribution in [3.8, 4) is 0 Å². The third-order valence-electron chi connectivity index (χ3n) is 1.78. The number of carbonyl (C=O) groups excluding carboxylic acids is 1. The molecule has 76 valence electrons. The predicted octanol–water partition coefficient (Wildman–Crippen LogP) is -2.01. The van der Waals surface area contributed by atoms with E-state index in [9.17, 15) is 15.0 Å². The molecule has 0 saturated carbocycles. The van der Waals surface area contributed by atoms with Gasteiger partial charge < -0.3 is 24.8 Å². The van der Waals surface area contributed by atoms with Gasteiger partial charge in [0.1, 0.15) is 18.3 Å². The van der Waals surface area contributed by atoms with Gasteiger partial charge in [-0.15, -0.1) is 0 Å². The molecule has 0 bridgehead atoms. The van der Waals surface area contributed by atoms with Crippen LogP contribution in [0, 0.1) is 0 Å². The Morgan fingerprint density at radius 1 is 1.46 bits per heavy atom. The van der Waals surface area contributed by atoms with Crippen molar-refractivity contribution in [1.29, 1.82) is 0 Å². The summed E-state index contributed by atoms with van der Waals surface area (Å²) in [5.41, 5.74) is 0. The Bertz CT molecular complexity index is 193. The second kappa shape index (κ2) is 4.01. The highest BCUT2D eigenvalue weighted by atomic mass is 16.7. The molecule has 0 aliphatic carbocycles. The van der Waals surface area contributed by atoms with E-state index in [1.165, 1.54) is 0 Å². The van der Waals surface area contributed by atoms with E-state index in [4.69, 9.17) is 9.84 Å². The lowest BCUT2D eigenvalue weighted by Crippen LogP contribution is -2.35. The van der Waals surface area contributed by atoms with Crippen LogP contribution in [0.15, 0.2) is 0 Å². The summed E-state index contributed by atoms with van der Waals surface area (Å²) in [7, 11) is 0. The fraction of sp³-hybridized carbons (Fsp3) is 0.857. The van der Waals surface area contributed by atoms with Crippen LogP contribution in [0.3, 0.4) is 0 Å². The van der Waals surface area contributed by atoms with Crippen molar-refractivity contribution >= 4 is 5.97 Å². The fourth-order valence-electron chi connectivity index (χ4n) is 1.13. The van der Waals surface area contributed by atoms with Crippen molar-refractivity contribution in [2.24, 2.45) is 0 Å². The van der Waals surface area contributed by atoms with Gasteiger partial charge in [0.05, 0.1) is 6.61 Å². The molecule has 0 radical (unpaired) electrons. The van der Waals surface area contributed by atoms with Crippen LogP contribution in [0.5, 0.6) is 0 Å². The second-order valence-corrected chi connectivity index (χ2v) is 2.82. The number of aliphatic hydroxyl groups is 3. The summed E-state index contributed by atoms with van der Waals surface area (Å²) >= 11 is 0. The molecule has 1 aliphatic rings. The second-order valence-electron chi connectivity index (χ2n) is 2.82. The van der Waals surface area contributed by atoms with Crippen LogP contribution in [0.4, 0.5) is 0 Å². The molecule has 1 saturated heterocycles. The first-order valence-corrected chi connectivity index (χ1v) is 3.86. The van der Waals surface area contributed by atoms with E-state index >= 15 is 0 Å². The van der Waals surface area contributed by atoms with E-state index < -0.39 is 37.2 Å². The van der Waals surface area contributed by atoms with E-state index in [1.807, 2.05) is 0 Å². The maximum atomic E-state index is 10.5. The van der Waals surface area contributed by atoms with Crippen molar-refractivity contribution in [3.63, 3.8) is 0 Å².